The van der Waals surface area contributed by atoms with Gasteiger partial charge in [0.1, 0.15) is 5.82 Å². The molecule has 0 aliphatic heterocycles. The molecule has 0 unspecified atom stereocenters. The predicted molar refractivity (Wildman–Crippen MR) is 107 cm³/mol. The van der Waals surface area contributed by atoms with Crippen molar-refractivity contribution in [3.05, 3.63) is 75.8 Å². The fourth-order valence-electron chi connectivity index (χ4n) is 2.89. The number of carbonyl (C=O) groups excluding carboxylic acids is 2. The van der Waals surface area contributed by atoms with Gasteiger partial charge in [-0.15, -0.1) is 0 Å². The summed E-state index contributed by atoms with van der Waals surface area (Å²) in [4.78, 5) is 44.9. The molecule has 2 aromatic carbocycles. The van der Waals surface area contributed by atoms with Crippen LogP contribution in [-0.4, -0.2) is 33.2 Å². The number of aromatic nitrogens is 2. The molecule has 1 aromatic heterocycles. The summed E-state index contributed by atoms with van der Waals surface area (Å²) >= 11 is 0. The van der Waals surface area contributed by atoms with Gasteiger partial charge in [-0.3, -0.25) is 14.4 Å². The summed E-state index contributed by atoms with van der Waals surface area (Å²) in [5.74, 6) is 0.194. The SMILES string of the molecule is CCN(Cc1nc2ccccc2c(=O)[nH]1)C(=O)c1ccc(CNC(C)=O)cc1. The number of hydrogen-bond donors (Lipinski definition) is 2. The molecule has 2 amide bonds. The molecule has 28 heavy (non-hydrogen) atoms. The minimum absolute atomic E-state index is 0.103. The Morgan fingerprint density at radius 1 is 1.11 bits per heavy atom. The van der Waals surface area contributed by atoms with Crippen LogP contribution in [0.25, 0.3) is 10.9 Å². The molecule has 0 fully saturated rings. The first-order valence-electron chi connectivity index (χ1n) is 9.08. The van der Waals surface area contributed by atoms with Crippen molar-refractivity contribution in [2.45, 2.75) is 26.9 Å². The smallest absolute Gasteiger partial charge is 0.258 e. The zero-order valence-corrected chi connectivity index (χ0v) is 15.9. The number of aromatic amines is 1. The number of nitrogens with zero attached hydrogens (tertiary/aromatic N) is 2. The summed E-state index contributed by atoms with van der Waals surface area (Å²) < 4.78 is 0. The standard InChI is InChI=1S/C21H22N4O3/c1-3-25(13-19-23-18-7-5-4-6-17(18)20(27)24-19)21(28)16-10-8-15(9-11-16)12-22-14(2)26/h4-11H,3,12-13H2,1-2H3,(H,22,26)(H,23,24,27). The summed E-state index contributed by atoms with van der Waals surface area (Å²) in [7, 11) is 0. The molecule has 3 aromatic rings. The minimum atomic E-state index is -0.216. The Balaban J connectivity index is 1.77. The number of carbonyl (C=O) groups is 2. The van der Waals surface area contributed by atoms with Crippen LogP contribution in [0, 0.1) is 0 Å². The lowest BCUT2D eigenvalue weighted by Gasteiger charge is -2.20. The Hall–Kier alpha value is -3.48. The first-order valence-corrected chi connectivity index (χ1v) is 9.08. The number of nitrogens with one attached hydrogen (secondary N) is 2. The molecule has 2 N–H and O–H groups in total. The zero-order valence-electron chi connectivity index (χ0n) is 15.9. The van der Waals surface area contributed by atoms with Gasteiger partial charge in [0, 0.05) is 25.6 Å². The predicted octanol–water partition coefficient (Wildman–Crippen LogP) is 2.22. The van der Waals surface area contributed by atoms with E-state index in [1.807, 2.05) is 25.1 Å². The summed E-state index contributed by atoms with van der Waals surface area (Å²) in [5, 5.41) is 3.24. The summed E-state index contributed by atoms with van der Waals surface area (Å²) in [6.45, 7) is 4.44. The van der Waals surface area contributed by atoms with Crippen molar-refractivity contribution in [1.29, 1.82) is 0 Å². The maximum Gasteiger partial charge on any atom is 0.258 e. The quantitative estimate of drug-likeness (QED) is 0.688. The van der Waals surface area contributed by atoms with Gasteiger partial charge in [0.15, 0.2) is 0 Å². The van der Waals surface area contributed by atoms with Crippen molar-refractivity contribution < 1.29 is 9.59 Å². The second-order valence-corrected chi connectivity index (χ2v) is 6.46. The van der Waals surface area contributed by atoms with E-state index in [4.69, 9.17) is 0 Å². The summed E-state index contributed by atoms with van der Waals surface area (Å²) in [6.07, 6.45) is 0. The van der Waals surface area contributed by atoms with Crippen molar-refractivity contribution in [2.24, 2.45) is 0 Å². The van der Waals surface area contributed by atoms with Gasteiger partial charge >= 0.3 is 0 Å². The van der Waals surface area contributed by atoms with E-state index in [9.17, 15) is 14.4 Å². The second-order valence-electron chi connectivity index (χ2n) is 6.46. The topological polar surface area (TPSA) is 95.2 Å². The van der Waals surface area contributed by atoms with Crippen molar-refractivity contribution >= 4 is 22.7 Å². The molecule has 0 aliphatic carbocycles. The molecule has 7 heteroatoms. The van der Waals surface area contributed by atoms with Crippen LogP contribution in [0.3, 0.4) is 0 Å². The van der Waals surface area contributed by atoms with Crippen LogP contribution in [0.1, 0.15) is 35.6 Å². The fraction of sp³-hybridized carbons (Fsp3) is 0.238. The lowest BCUT2D eigenvalue weighted by Crippen LogP contribution is -2.32. The van der Waals surface area contributed by atoms with Crippen LogP contribution in [-0.2, 0) is 17.9 Å². The Labute approximate surface area is 162 Å². The lowest BCUT2D eigenvalue weighted by molar-refractivity contribution is -0.119. The Kier molecular flexibility index (Phi) is 5.84. The average Bonchev–Trinajstić information content (AvgIpc) is 2.70. The molecule has 0 saturated heterocycles. The lowest BCUT2D eigenvalue weighted by atomic mass is 10.1. The number of amides is 2. The van der Waals surface area contributed by atoms with E-state index >= 15 is 0 Å². The van der Waals surface area contributed by atoms with E-state index in [-0.39, 0.29) is 23.9 Å². The Morgan fingerprint density at radius 3 is 2.50 bits per heavy atom. The normalized spacial score (nSPS) is 10.6. The van der Waals surface area contributed by atoms with E-state index in [1.165, 1.54) is 6.92 Å². The molecule has 0 spiro atoms. The molecule has 0 aliphatic rings. The molecule has 1 heterocycles. The maximum absolute atomic E-state index is 12.8. The first-order chi connectivity index (χ1) is 13.5. The third-order valence-electron chi connectivity index (χ3n) is 4.41. The summed E-state index contributed by atoms with van der Waals surface area (Å²) in [5.41, 5.74) is 1.84. The number of H-pyrrole nitrogens is 1. The van der Waals surface area contributed by atoms with Crippen LogP contribution in [0.2, 0.25) is 0 Å². The summed E-state index contributed by atoms with van der Waals surface area (Å²) in [6, 6.07) is 14.2. The molecular formula is C21H22N4O3. The van der Waals surface area contributed by atoms with Crippen LogP contribution in [0.4, 0.5) is 0 Å². The number of rotatable bonds is 6. The number of para-hydroxylation sites is 1. The van der Waals surface area contributed by atoms with Gasteiger partial charge < -0.3 is 15.2 Å². The first kappa shape index (κ1) is 19.3. The van der Waals surface area contributed by atoms with Gasteiger partial charge in [0.05, 0.1) is 17.4 Å². The van der Waals surface area contributed by atoms with Crippen molar-refractivity contribution in [1.82, 2.24) is 20.2 Å². The van der Waals surface area contributed by atoms with Crippen LogP contribution < -0.4 is 10.9 Å². The number of hydrogen-bond acceptors (Lipinski definition) is 4. The zero-order chi connectivity index (χ0) is 20.1. The van der Waals surface area contributed by atoms with Gasteiger partial charge in [-0.1, -0.05) is 24.3 Å². The molecule has 0 radical (unpaired) electrons. The van der Waals surface area contributed by atoms with Crippen LogP contribution >= 0.6 is 0 Å². The third kappa shape index (κ3) is 4.43. The Bertz CT molecular complexity index is 1060. The van der Waals surface area contributed by atoms with Crippen molar-refractivity contribution in [3.8, 4) is 0 Å². The highest BCUT2D eigenvalue weighted by Crippen LogP contribution is 2.11. The minimum Gasteiger partial charge on any atom is -0.352 e. The van der Waals surface area contributed by atoms with E-state index in [2.05, 4.69) is 15.3 Å². The molecule has 7 nitrogen and oxygen atoms in total. The van der Waals surface area contributed by atoms with Gasteiger partial charge in [0.25, 0.3) is 11.5 Å². The molecule has 144 valence electrons. The largest absolute Gasteiger partial charge is 0.352 e. The van der Waals surface area contributed by atoms with E-state index < -0.39 is 0 Å². The molecule has 3 rings (SSSR count). The van der Waals surface area contributed by atoms with Gasteiger partial charge in [-0.2, -0.15) is 0 Å². The third-order valence-corrected chi connectivity index (χ3v) is 4.41. The van der Waals surface area contributed by atoms with E-state index in [1.54, 1.807) is 35.2 Å². The van der Waals surface area contributed by atoms with Gasteiger partial charge in [-0.25, -0.2) is 4.98 Å². The van der Waals surface area contributed by atoms with Crippen LogP contribution in [0.5, 0.6) is 0 Å². The van der Waals surface area contributed by atoms with Crippen molar-refractivity contribution in [2.75, 3.05) is 6.54 Å². The highest BCUT2D eigenvalue weighted by Gasteiger charge is 2.16. The fourth-order valence-corrected chi connectivity index (χ4v) is 2.89. The average molecular weight is 378 g/mol. The second kappa shape index (κ2) is 8.47. The molecule has 0 saturated carbocycles. The highest BCUT2D eigenvalue weighted by molar-refractivity contribution is 5.94. The van der Waals surface area contributed by atoms with Gasteiger partial charge in [-0.05, 0) is 36.8 Å². The Morgan fingerprint density at radius 2 is 1.82 bits per heavy atom. The number of benzene rings is 2. The van der Waals surface area contributed by atoms with Crippen molar-refractivity contribution in [3.63, 3.8) is 0 Å². The molecule has 0 bridgehead atoms. The monoisotopic (exact) mass is 378 g/mol. The maximum atomic E-state index is 12.8. The van der Waals surface area contributed by atoms with Gasteiger partial charge in [0.2, 0.25) is 5.91 Å². The molecule has 0 atom stereocenters. The van der Waals surface area contributed by atoms with Crippen LogP contribution in [0.15, 0.2) is 53.3 Å². The van der Waals surface area contributed by atoms with E-state index in [0.29, 0.717) is 35.4 Å². The molecular weight excluding hydrogens is 356 g/mol. The van der Waals surface area contributed by atoms with E-state index in [0.717, 1.165) is 5.56 Å². The highest BCUT2D eigenvalue weighted by atomic mass is 16.2. The number of fused-ring (bicyclic) bond motifs is 1.